The number of ether oxygens (including phenoxy) is 1. The molecule has 1 aromatic carbocycles. The van der Waals surface area contributed by atoms with Crippen molar-refractivity contribution in [2.24, 2.45) is 5.73 Å². The third-order valence-corrected chi connectivity index (χ3v) is 4.42. The Kier molecular flexibility index (Phi) is 5.16. The van der Waals surface area contributed by atoms with E-state index < -0.39 is 29.6 Å². The van der Waals surface area contributed by atoms with Gasteiger partial charge in [0, 0.05) is 10.4 Å². The van der Waals surface area contributed by atoms with E-state index in [2.05, 4.69) is 0 Å². The maximum atomic E-state index is 12.3. The Hall–Kier alpha value is -2.05. The lowest BCUT2D eigenvalue weighted by atomic mass is 10.1. The van der Waals surface area contributed by atoms with Gasteiger partial charge >= 0.3 is 11.9 Å². The second kappa shape index (κ2) is 6.69. The first-order valence-electron chi connectivity index (χ1n) is 7.96. The molecule has 0 fully saturated rings. The number of nitrogens with zero attached hydrogens (tertiary/aromatic N) is 1. The number of aromatic nitrogens is 1. The fourth-order valence-electron chi connectivity index (χ4n) is 2.79. The van der Waals surface area contributed by atoms with Crippen molar-refractivity contribution in [2.75, 3.05) is 0 Å². The van der Waals surface area contributed by atoms with E-state index in [0.29, 0.717) is 10.5 Å². The van der Waals surface area contributed by atoms with Crippen LogP contribution in [-0.2, 0) is 9.53 Å². The van der Waals surface area contributed by atoms with Crippen LogP contribution in [0.3, 0.4) is 0 Å². The van der Waals surface area contributed by atoms with Gasteiger partial charge in [-0.25, -0.2) is 4.79 Å². The topological polar surface area (TPSA) is 94.5 Å². The monoisotopic (exact) mass is 366 g/mol. The number of carbonyl (C=O) groups is 2. The van der Waals surface area contributed by atoms with Crippen LogP contribution >= 0.6 is 11.6 Å². The molecule has 0 saturated carbocycles. The maximum absolute atomic E-state index is 12.3. The molecule has 0 bridgehead atoms. The molecule has 2 rings (SSSR count). The summed E-state index contributed by atoms with van der Waals surface area (Å²) in [6.07, 6.45) is 0. The van der Waals surface area contributed by atoms with Gasteiger partial charge in [-0.15, -0.1) is 0 Å². The number of aryl methyl sites for hydroxylation is 1. The fourth-order valence-corrected chi connectivity index (χ4v) is 2.94. The molecule has 0 radical (unpaired) electrons. The molecule has 0 aliphatic heterocycles. The fraction of sp³-hybridized carbons (Fsp3) is 0.444. The Morgan fingerprint density at radius 3 is 2.44 bits per heavy atom. The molecule has 3 N–H and O–H groups in total. The molecule has 0 unspecified atom stereocenters. The Morgan fingerprint density at radius 1 is 1.32 bits per heavy atom. The highest BCUT2D eigenvalue weighted by atomic mass is 35.5. The van der Waals surface area contributed by atoms with Crippen molar-refractivity contribution in [3.05, 3.63) is 34.5 Å². The van der Waals surface area contributed by atoms with E-state index in [1.165, 1.54) is 0 Å². The van der Waals surface area contributed by atoms with Crippen molar-refractivity contribution in [3.8, 4) is 0 Å². The van der Waals surface area contributed by atoms with Crippen LogP contribution in [0.4, 0.5) is 0 Å². The van der Waals surface area contributed by atoms with Crippen LogP contribution in [0, 0.1) is 6.92 Å². The Balaban J connectivity index is 2.58. The Morgan fingerprint density at radius 2 is 1.92 bits per heavy atom. The zero-order chi connectivity index (χ0) is 19.1. The zero-order valence-electron chi connectivity index (χ0n) is 15.0. The van der Waals surface area contributed by atoms with Crippen LogP contribution in [0.5, 0.6) is 0 Å². The standard InChI is InChI=1S/C18H23ClN2O4/c1-9-12(19)7-6-11-8-13(16(22)23)21(15(9)11)10(2)14(20)17(24)25-18(3,4)5/h6-8,10,14H,20H2,1-5H3,(H,22,23)/t10-,14-/m1/s1. The van der Waals surface area contributed by atoms with E-state index in [1.807, 2.05) is 0 Å². The predicted molar refractivity (Wildman–Crippen MR) is 97.2 cm³/mol. The number of fused-ring (bicyclic) bond motifs is 1. The molecule has 136 valence electrons. The number of esters is 1. The summed E-state index contributed by atoms with van der Waals surface area (Å²) in [4.78, 5) is 24.0. The minimum absolute atomic E-state index is 0.0480. The van der Waals surface area contributed by atoms with Crippen molar-refractivity contribution < 1.29 is 19.4 Å². The lowest BCUT2D eigenvalue weighted by Crippen LogP contribution is -2.43. The summed E-state index contributed by atoms with van der Waals surface area (Å²) in [6, 6.07) is 3.37. The molecule has 25 heavy (non-hydrogen) atoms. The van der Waals surface area contributed by atoms with E-state index in [0.717, 1.165) is 10.9 Å². The van der Waals surface area contributed by atoms with Crippen molar-refractivity contribution >= 4 is 34.4 Å². The number of aromatic carboxylic acids is 1. The number of rotatable bonds is 4. The first-order chi connectivity index (χ1) is 11.4. The van der Waals surface area contributed by atoms with Gasteiger partial charge in [-0.2, -0.15) is 0 Å². The van der Waals surface area contributed by atoms with Crippen molar-refractivity contribution in [1.29, 1.82) is 0 Å². The summed E-state index contributed by atoms with van der Waals surface area (Å²) in [6.45, 7) is 8.75. The molecule has 6 nitrogen and oxygen atoms in total. The smallest absolute Gasteiger partial charge is 0.352 e. The highest BCUT2D eigenvalue weighted by Crippen LogP contribution is 2.32. The average Bonchev–Trinajstić information content (AvgIpc) is 2.88. The first kappa shape index (κ1) is 19.3. The molecule has 7 heteroatoms. The van der Waals surface area contributed by atoms with Gasteiger partial charge in [0.15, 0.2) is 0 Å². The largest absolute Gasteiger partial charge is 0.477 e. The molecule has 2 atom stereocenters. The SMILES string of the molecule is Cc1c(Cl)ccc2cc(C(=O)O)n([C@H](C)[C@@H](N)C(=O)OC(C)(C)C)c12. The van der Waals surface area contributed by atoms with Gasteiger partial charge in [0.05, 0.1) is 11.6 Å². The molecule has 0 aliphatic rings. The van der Waals surface area contributed by atoms with E-state index >= 15 is 0 Å². The van der Waals surface area contributed by atoms with Crippen LogP contribution < -0.4 is 5.73 Å². The first-order valence-corrected chi connectivity index (χ1v) is 8.33. The van der Waals surface area contributed by atoms with Gasteiger partial charge in [-0.3, -0.25) is 4.79 Å². The predicted octanol–water partition coefficient (Wildman–Crippen LogP) is 3.53. The summed E-state index contributed by atoms with van der Waals surface area (Å²) in [5.41, 5.74) is 6.84. The average molecular weight is 367 g/mol. The van der Waals surface area contributed by atoms with Gasteiger partial charge in [0.2, 0.25) is 0 Å². The molecule has 0 amide bonds. The Labute approximate surface area is 151 Å². The van der Waals surface area contributed by atoms with E-state index in [9.17, 15) is 14.7 Å². The summed E-state index contributed by atoms with van der Waals surface area (Å²) >= 11 is 6.20. The van der Waals surface area contributed by atoms with E-state index in [1.54, 1.807) is 57.4 Å². The third kappa shape index (κ3) is 3.80. The number of benzene rings is 1. The van der Waals surface area contributed by atoms with Crippen LogP contribution in [-0.4, -0.2) is 33.3 Å². The lowest BCUT2D eigenvalue weighted by molar-refractivity contribution is -0.157. The molecule has 1 heterocycles. The molecular weight excluding hydrogens is 344 g/mol. The molecule has 0 aliphatic carbocycles. The molecule has 2 aromatic rings. The molecule has 0 spiro atoms. The number of carbonyl (C=O) groups excluding carboxylic acids is 1. The van der Waals surface area contributed by atoms with Gasteiger partial charge in [-0.1, -0.05) is 17.7 Å². The normalized spacial score (nSPS) is 14.4. The van der Waals surface area contributed by atoms with Crippen LogP contribution in [0.15, 0.2) is 18.2 Å². The second-order valence-corrected chi connectivity index (χ2v) is 7.52. The number of hydrogen-bond donors (Lipinski definition) is 2. The van der Waals surface area contributed by atoms with Crippen LogP contribution in [0.1, 0.15) is 49.8 Å². The third-order valence-electron chi connectivity index (χ3n) is 4.01. The van der Waals surface area contributed by atoms with Gasteiger partial charge in [0.1, 0.15) is 17.3 Å². The van der Waals surface area contributed by atoms with E-state index in [4.69, 9.17) is 22.1 Å². The zero-order valence-corrected chi connectivity index (χ0v) is 15.7. The van der Waals surface area contributed by atoms with Crippen molar-refractivity contribution in [3.63, 3.8) is 0 Å². The maximum Gasteiger partial charge on any atom is 0.352 e. The summed E-state index contributed by atoms with van der Waals surface area (Å²) in [7, 11) is 0. The second-order valence-electron chi connectivity index (χ2n) is 7.11. The quantitative estimate of drug-likeness (QED) is 0.807. The Bertz CT molecular complexity index is 836. The number of carboxylic acid groups (broad SMARTS) is 1. The number of halogens is 1. The van der Waals surface area contributed by atoms with Crippen molar-refractivity contribution in [1.82, 2.24) is 4.57 Å². The van der Waals surface area contributed by atoms with Crippen molar-refractivity contribution in [2.45, 2.75) is 52.3 Å². The summed E-state index contributed by atoms with van der Waals surface area (Å²) in [5, 5.41) is 10.8. The van der Waals surface area contributed by atoms with Gasteiger partial charge in [-0.05, 0) is 52.3 Å². The van der Waals surface area contributed by atoms with Gasteiger partial charge < -0.3 is 20.1 Å². The molecule has 0 saturated heterocycles. The van der Waals surface area contributed by atoms with Gasteiger partial charge in [0.25, 0.3) is 0 Å². The number of nitrogens with two attached hydrogens (primary N) is 1. The minimum Gasteiger partial charge on any atom is -0.477 e. The summed E-state index contributed by atoms with van der Waals surface area (Å²) < 4.78 is 6.88. The highest BCUT2D eigenvalue weighted by molar-refractivity contribution is 6.32. The summed E-state index contributed by atoms with van der Waals surface area (Å²) in [5.74, 6) is -1.69. The van der Waals surface area contributed by atoms with Crippen LogP contribution in [0.25, 0.3) is 10.9 Å². The number of carboxylic acids is 1. The molecular formula is C18H23ClN2O4. The molecule has 1 aromatic heterocycles. The van der Waals surface area contributed by atoms with E-state index in [-0.39, 0.29) is 5.69 Å². The van der Waals surface area contributed by atoms with Crippen LogP contribution in [0.2, 0.25) is 5.02 Å². The highest BCUT2D eigenvalue weighted by Gasteiger charge is 2.31. The lowest BCUT2D eigenvalue weighted by Gasteiger charge is -2.27. The minimum atomic E-state index is -1.10. The number of hydrogen-bond acceptors (Lipinski definition) is 4.